The van der Waals surface area contributed by atoms with E-state index in [1.807, 2.05) is 42.5 Å². The van der Waals surface area contributed by atoms with E-state index in [1.165, 1.54) is 30.2 Å². The van der Waals surface area contributed by atoms with Crippen molar-refractivity contribution in [3.05, 3.63) is 71.5 Å². The van der Waals surface area contributed by atoms with Gasteiger partial charge >= 0.3 is 0 Å². The van der Waals surface area contributed by atoms with E-state index in [4.69, 9.17) is 4.74 Å². The maximum Gasteiger partial charge on any atom is 0.230 e. The SMILES string of the molecule is O=C(CSc1nnc(C2CC2)n1Cc1ccccc1)N[C@@H]1CCOc2ccccc21. The van der Waals surface area contributed by atoms with Crippen molar-refractivity contribution >= 4 is 17.7 Å². The second-order valence-electron chi connectivity index (χ2n) is 7.77. The highest BCUT2D eigenvalue weighted by molar-refractivity contribution is 7.99. The van der Waals surface area contributed by atoms with Gasteiger partial charge in [-0.15, -0.1) is 10.2 Å². The molecular weight excluding hydrogens is 396 g/mol. The molecule has 1 aliphatic heterocycles. The zero-order valence-corrected chi connectivity index (χ0v) is 17.5. The number of ether oxygens (including phenoxy) is 1. The molecule has 5 rings (SSSR count). The number of amides is 1. The summed E-state index contributed by atoms with van der Waals surface area (Å²) in [6.07, 6.45) is 3.12. The molecule has 2 heterocycles. The quantitative estimate of drug-likeness (QED) is 0.587. The van der Waals surface area contributed by atoms with Gasteiger partial charge in [0.15, 0.2) is 5.16 Å². The zero-order chi connectivity index (χ0) is 20.3. The van der Waals surface area contributed by atoms with Gasteiger partial charge in [0.25, 0.3) is 0 Å². The summed E-state index contributed by atoms with van der Waals surface area (Å²) >= 11 is 1.46. The number of nitrogens with zero attached hydrogens (tertiary/aromatic N) is 3. The number of carbonyl (C=O) groups is 1. The molecule has 3 aromatic rings. The van der Waals surface area contributed by atoms with Crippen molar-refractivity contribution in [3.63, 3.8) is 0 Å². The van der Waals surface area contributed by atoms with Gasteiger partial charge in [-0.1, -0.05) is 60.3 Å². The van der Waals surface area contributed by atoms with Crippen LogP contribution in [-0.4, -0.2) is 33.0 Å². The summed E-state index contributed by atoms with van der Waals surface area (Å²) in [7, 11) is 0. The van der Waals surface area contributed by atoms with Gasteiger partial charge in [0.05, 0.1) is 24.9 Å². The number of fused-ring (bicyclic) bond motifs is 1. The van der Waals surface area contributed by atoms with Crippen LogP contribution in [0, 0.1) is 0 Å². The molecule has 154 valence electrons. The fraction of sp³-hybridized carbons (Fsp3) is 0.348. The van der Waals surface area contributed by atoms with Crippen LogP contribution in [0.5, 0.6) is 5.75 Å². The average molecular weight is 421 g/mol. The molecular formula is C23H24N4O2S. The van der Waals surface area contributed by atoms with Gasteiger partial charge < -0.3 is 14.6 Å². The Kier molecular flexibility index (Phi) is 5.45. The van der Waals surface area contributed by atoms with Crippen LogP contribution in [0.15, 0.2) is 59.8 Å². The number of para-hydroxylation sites is 1. The van der Waals surface area contributed by atoms with Crippen molar-refractivity contribution in [3.8, 4) is 5.75 Å². The van der Waals surface area contributed by atoms with Gasteiger partial charge in [0.2, 0.25) is 5.91 Å². The lowest BCUT2D eigenvalue weighted by Gasteiger charge is -2.26. The highest BCUT2D eigenvalue weighted by Crippen LogP contribution is 2.40. The Bertz CT molecular complexity index is 1030. The topological polar surface area (TPSA) is 69.0 Å². The average Bonchev–Trinajstić information content (AvgIpc) is 3.55. The van der Waals surface area contributed by atoms with Crippen molar-refractivity contribution in [2.75, 3.05) is 12.4 Å². The second kappa shape index (κ2) is 8.52. The molecule has 0 unspecified atom stereocenters. The first kappa shape index (κ1) is 19.2. The lowest BCUT2D eigenvalue weighted by molar-refractivity contribution is -0.119. The second-order valence-corrected chi connectivity index (χ2v) is 8.71. The van der Waals surface area contributed by atoms with Crippen molar-refractivity contribution in [1.29, 1.82) is 0 Å². The van der Waals surface area contributed by atoms with Gasteiger partial charge in [-0.25, -0.2) is 0 Å². The first-order valence-corrected chi connectivity index (χ1v) is 11.4. The Morgan fingerprint density at radius 2 is 1.87 bits per heavy atom. The van der Waals surface area contributed by atoms with Crippen LogP contribution in [0.25, 0.3) is 0 Å². The largest absolute Gasteiger partial charge is 0.493 e. The minimum absolute atomic E-state index is 0.00364. The summed E-state index contributed by atoms with van der Waals surface area (Å²) in [6.45, 7) is 1.35. The lowest BCUT2D eigenvalue weighted by Crippen LogP contribution is -2.33. The monoisotopic (exact) mass is 420 g/mol. The molecule has 0 radical (unpaired) electrons. The van der Waals surface area contributed by atoms with Gasteiger partial charge in [0, 0.05) is 17.9 Å². The zero-order valence-electron chi connectivity index (χ0n) is 16.7. The molecule has 1 aromatic heterocycles. The number of rotatable bonds is 7. The highest BCUT2D eigenvalue weighted by atomic mass is 32.2. The first-order valence-electron chi connectivity index (χ1n) is 10.4. The van der Waals surface area contributed by atoms with Crippen LogP contribution >= 0.6 is 11.8 Å². The molecule has 2 aromatic carbocycles. The van der Waals surface area contributed by atoms with Gasteiger partial charge in [0.1, 0.15) is 11.6 Å². The number of hydrogen-bond acceptors (Lipinski definition) is 5. The predicted octanol–water partition coefficient (Wildman–Crippen LogP) is 3.94. The van der Waals surface area contributed by atoms with E-state index < -0.39 is 0 Å². The molecule has 0 spiro atoms. The molecule has 1 atom stereocenters. The van der Waals surface area contributed by atoms with Crippen molar-refractivity contribution in [1.82, 2.24) is 20.1 Å². The van der Waals surface area contributed by atoms with Crippen molar-refractivity contribution < 1.29 is 9.53 Å². The summed E-state index contributed by atoms with van der Waals surface area (Å²) in [5, 5.41) is 12.8. The Morgan fingerprint density at radius 1 is 1.07 bits per heavy atom. The van der Waals surface area contributed by atoms with Crippen molar-refractivity contribution in [2.45, 2.75) is 42.9 Å². The standard InChI is InChI=1S/C23H24N4O2S/c28-21(24-19-12-13-29-20-9-5-4-8-18(19)20)15-30-23-26-25-22(17-10-11-17)27(23)14-16-6-2-1-3-7-16/h1-9,17,19H,10-15H2,(H,24,28)/t19-/m1/s1. The third-order valence-electron chi connectivity index (χ3n) is 5.50. The summed E-state index contributed by atoms with van der Waals surface area (Å²) < 4.78 is 7.87. The maximum absolute atomic E-state index is 12.7. The molecule has 0 saturated heterocycles. The van der Waals surface area contributed by atoms with E-state index in [-0.39, 0.29) is 11.9 Å². The summed E-state index contributed by atoms with van der Waals surface area (Å²) in [4.78, 5) is 12.7. The summed E-state index contributed by atoms with van der Waals surface area (Å²) in [6, 6.07) is 18.2. The number of thioether (sulfide) groups is 1. The van der Waals surface area contributed by atoms with E-state index in [1.54, 1.807) is 0 Å². The molecule has 0 bridgehead atoms. The molecule has 30 heavy (non-hydrogen) atoms. The molecule has 1 N–H and O–H groups in total. The minimum Gasteiger partial charge on any atom is -0.493 e. The normalized spacial score (nSPS) is 17.8. The molecule has 1 aliphatic carbocycles. The van der Waals surface area contributed by atoms with Crippen LogP contribution in [0.4, 0.5) is 0 Å². The van der Waals surface area contributed by atoms with E-state index in [2.05, 4.69) is 32.2 Å². The molecule has 6 nitrogen and oxygen atoms in total. The van der Waals surface area contributed by atoms with E-state index in [0.29, 0.717) is 18.3 Å². The molecule has 7 heteroatoms. The fourth-order valence-electron chi connectivity index (χ4n) is 3.82. The molecule has 1 amide bonds. The van der Waals surface area contributed by atoms with Crippen LogP contribution in [0.3, 0.4) is 0 Å². The van der Waals surface area contributed by atoms with E-state index in [9.17, 15) is 4.79 Å². The van der Waals surface area contributed by atoms with E-state index in [0.717, 1.165) is 35.3 Å². The van der Waals surface area contributed by atoms with Gasteiger partial charge in [-0.3, -0.25) is 4.79 Å². The predicted molar refractivity (Wildman–Crippen MR) is 116 cm³/mol. The lowest BCUT2D eigenvalue weighted by atomic mass is 10.0. The highest BCUT2D eigenvalue weighted by Gasteiger charge is 2.30. The van der Waals surface area contributed by atoms with Crippen LogP contribution < -0.4 is 10.1 Å². The van der Waals surface area contributed by atoms with Gasteiger partial charge in [-0.2, -0.15) is 0 Å². The smallest absolute Gasteiger partial charge is 0.230 e. The number of carbonyl (C=O) groups excluding carboxylic acids is 1. The maximum atomic E-state index is 12.7. The number of aromatic nitrogens is 3. The van der Waals surface area contributed by atoms with Crippen molar-refractivity contribution in [2.24, 2.45) is 0 Å². The Labute approximate surface area is 180 Å². The summed E-state index contributed by atoms with van der Waals surface area (Å²) in [5.41, 5.74) is 2.26. The summed E-state index contributed by atoms with van der Waals surface area (Å²) in [5.74, 6) is 2.72. The van der Waals surface area contributed by atoms with E-state index >= 15 is 0 Å². The Hall–Kier alpha value is -2.80. The van der Waals surface area contributed by atoms with Gasteiger partial charge in [-0.05, 0) is 24.5 Å². The van der Waals surface area contributed by atoms with Crippen LogP contribution in [0.1, 0.15) is 48.2 Å². The number of benzene rings is 2. The Morgan fingerprint density at radius 3 is 2.70 bits per heavy atom. The third kappa shape index (κ3) is 4.21. The molecule has 1 fully saturated rings. The Balaban J connectivity index is 1.26. The number of hydrogen-bond donors (Lipinski definition) is 1. The number of nitrogens with one attached hydrogen (secondary N) is 1. The fourth-order valence-corrected chi connectivity index (χ4v) is 4.58. The molecule has 1 saturated carbocycles. The molecule has 2 aliphatic rings. The third-order valence-corrected chi connectivity index (χ3v) is 6.46. The van der Waals surface area contributed by atoms with Crippen LogP contribution in [-0.2, 0) is 11.3 Å². The van der Waals surface area contributed by atoms with Crippen LogP contribution in [0.2, 0.25) is 0 Å². The minimum atomic E-state index is -0.00716. The first-order chi connectivity index (χ1) is 14.8.